The second kappa shape index (κ2) is 5.36. The summed E-state index contributed by atoms with van der Waals surface area (Å²) in [5.41, 5.74) is 6.88. The molecule has 1 aromatic rings. The third kappa shape index (κ3) is 3.33. The van der Waals surface area contributed by atoms with Crippen LogP contribution >= 0.6 is 12.4 Å². The summed E-state index contributed by atoms with van der Waals surface area (Å²) in [4.78, 5) is 15.7. The molecule has 1 saturated carbocycles. The van der Waals surface area contributed by atoms with Crippen LogP contribution in [-0.4, -0.2) is 17.4 Å². The van der Waals surface area contributed by atoms with Crippen molar-refractivity contribution < 1.29 is 4.79 Å². The third-order valence-corrected chi connectivity index (χ3v) is 3.35. The third-order valence-electron chi connectivity index (χ3n) is 3.35. The predicted molar refractivity (Wildman–Crippen MR) is 70.2 cm³/mol. The van der Waals surface area contributed by atoms with Crippen molar-refractivity contribution in [1.82, 2.24) is 10.3 Å². The summed E-state index contributed by atoms with van der Waals surface area (Å²) < 4.78 is 0. The maximum Gasteiger partial charge on any atom is 0.269 e. The number of hydrogen-bond donors (Lipinski definition) is 2. The van der Waals surface area contributed by atoms with Gasteiger partial charge in [0.05, 0.1) is 11.9 Å². The van der Waals surface area contributed by atoms with Crippen molar-refractivity contribution in [3.05, 3.63) is 24.0 Å². The maximum absolute atomic E-state index is 11.7. The van der Waals surface area contributed by atoms with Gasteiger partial charge in [0.1, 0.15) is 5.69 Å². The number of amides is 1. The molecule has 0 bridgehead atoms. The van der Waals surface area contributed by atoms with E-state index in [-0.39, 0.29) is 18.3 Å². The van der Waals surface area contributed by atoms with Gasteiger partial charge in [-0.25, -0.2) is 4.98 Å². The van der Waals surface area contributed by atoms with Crippen LogP contribution in [-0.2, 0) is 0 Å². The predicted octanol–water partition coefficient (Wildman–Crippen LogP) is 2.01. The Morgan fingerprint density at radius 1 is 1.53 bits per heavy atom. The molecular weight excluding hydrogens is 238 g/mol. The molecule has 0 unspecified atom stereocenters. The molecule has 0 spiro atoms. The number of nitrogen functional groups attached to an aromatic ring is 1. The number of anilines is 1. The first-order chi connectivity index (χ1) is 7.65. The number of nitrogens with zero attached hydrogens (tertiary/aromatic N) is 1. The van der Waals surface area contributed by atoms with Crippen molar-refractivity contribution in [2.75, 3.05) is 12.3 Å². The monoisotopic (exact) mass is 255 g/mol. The van der Waals surface area contributed by atoms with E-state index in [4.69, 9.17) is 5.73 Å². The summed E-state index contributed by atoms with van der Waals surface area (Å²) in [5.74, 6) is -0.111. The van der Waals surface area contributed by atoms with Crippen molar-refractivity contribution in [2.24, 2.45) is 5.41 Å². The van der Waals surface area contributed by atoms with Crippen LogP contribution in [0, 0.1) is 5.41 Å². The van der Waals surface area contributed by atoms with Crippen molar-refractivity contribution in [1.29, 1.82) is 0 Å². The molecule has 1 aromatic heterocycles. The smallest absolute Gasteiger partial charge is 0.269 e. The largest absolute Gasteiger partial charge is 0.397 e. The summed E-state index contributed by atoms with van der Waals surface area (Å²) in [6.45, 7) is 2.93. The second-order valence-electron chi connectivity index (χ2n) is 4.51. The zero-order valence-corrected chi connectivity index (χ0v) is 10.7. The topological polar surface area (TPSA) is 68.0 Å². The zero-order valence-electron chi connectivity index (χ0n) is 9.90. The van der Waals surface area contributed by atoms with Gasteiger partial charge in [-0.1, -0.05) is 6.92 Å². The maximum atomic E-state index is 11.7. The van der Waals surface area contributed by atoms with Crippen molar-refractivity contribution in [2.45, 2.75) is 26.2 Å². The minimum atomic E-state index is -0.111. The molecule has 0 saturated heterocycles. The Hall–Kier alpha value is -1.29. The van der Waals surface area contributed by atoms with Crippen LogP contribution in [0.2, 0.25) is 0 Å². The van der Waals surface area contributed by atoms with Crippen LogP contribution in [0.3, 0.4) is 0 Å². The van der Waals surface area contributed by atoms with E-state index in [1.165, 1.54) is 19.0 Å². The first-order valence-corrected chi connectivity index (χ1v) is 5.65. The highest BCUT2D eigenvalue weighted by Crippen LogP contribution is 2.47. The number of hydrogen-bond acceptors (Lipinski definition) is 3. The molecule has 3 N–H and O–H groups in total. The molecule has 0 radical (unpaired) electrons. The molecule has 17 heavy (non-hydrogen) atoms. The average Bonchev–Trinajstić information content (AvgIpc) is 3.08. The molecule has 94 valence electrons. The number of pyridine rings is 1. The number of halogens is 1. The van der Waals surface area contributed by atoms with Crippen LogP contribution < -0.4 is 11.1 Å². The molecule has 1 amide bonds. The Kier molecular flexibility index (Phi) is 4.34. The van der Waals surface area contributed by atoms with Gasteiger partial charge in [0.2, 0.25) is 0 Å². The molecule has 0 atom stereocenters. The van der Waals surface area contributed by atoms with E-state index in [1.807, 2.05) is 0 Å². The first-order valence-electron chi connectivity index (χ1n) is 5.65. The Balaban J connectivity index is 0.00000144. The van der Waals surface area contributed by atoms with Gasteiger partial charge in [0, 0.05) is 6.54 Å². The van der Waals surface area contributed by atoms with E-state index >= 15 is 0 Å². The van der Waals surface area contributed by atoms with Gasteiger partial charge in [0.25, 0.3) is 5.91 Å². The summed E-state index contributed by atoms with van der Waals surface area (Å²) in [6.07, 6.45) is 5.07. The summed E-state index contributed by atoms with van der Waals surface area (Å²) in [6, 6.07) is 3.34. The van der Waals surface area contributed by atoms with Crippen LogP contribution in [0.5, 0.6) is 0 Å². The van der Waals surface area contributed by atoms with Crippen LogP contribution in [0.1, 0.15) is 36.7 Å². The molecule has 1 heterocycles. The zero-order chi connectivity index (χ0) is 11.6. The van der Waals surface area contributed by atoms with Gasteiger partial charge in [-0.2, -0.15) is 0 Å². The quantitative estimate of drug-likeness (QED) is 0.865. The summed E-state index contributed by atoms with van der Waals surface area (Å²) in [7, 11) is 0. The highest BCUT2D eigenvalue weighted by atomic mass is 35.5. The number of nitrogens with two attached hydrogens (primary N) is 1. The van der Waals surface area contributed by atoms with Crippen molar-refractivity contribution in [3.8, 4) is 0 Å². The van der Waals surface area contributed by atoms with E-state index in [0.29, 0.717) is 16.8 Å². The lowest BCUT2D eigenvalue weighted by atomic mass is 10.0. The number of nitrogens with one attached hydrogen (secondary N) is 1. The first kappa shape index (κ1) is 13.8. The van der Waals surface area contributed by atoms with Crippen LogP contribution in [0.4, 0.5) is 5.69 Å². The molecule has 2 rings (SSSR count). The molecule has 0 aliphatic heterocycles. The van der Waals surface area contributed by atoms with Gasteiger partial charge in [0.15, 0.2) is 0 Å². The molecule has 1 aliphatic rings. The minimum absolute atomic E-state index is 0. The SMILES string of the molecule is CCC1(CNC(=O)c2ccc(N)cn2)CC1.Cl. The molecule has 0 aromatic carbocycles. The Morgan fingerprint density at radius 3 is 2.71 bits per heavy atom. The van der Waals surface area contributed by atoms with Crippen molar-refractivity contribution >= 4 is 24.0 Å². The van der Waals surface area contributed by atoms with Gasteiger partial charge in [-0.15, -0.1) is 12.4 Å². The van der Waals surface area contributed by atoms with Gasteiger partial charge >= 0.3 is 0 Å². The Labute approximate surface area is 107 Å². The van der Waals surface area contributed by atoms with E-state index in [2.05, 4.69) is 17.2 Å². The normalized spacial score (nSPS) is 15.8. The second-order valence-corrected chi connectivity index (χ2v) is 4.51. The van der Waals surface area contributed by atoms with Crippen molar-refractivity contribution in [3.63, 3.8) is 0 Å². The number of aromatic nitrogens is 1. The number of carbonyl (C=O) groups is 1. The Bertz CT molecular complexity index is 387. The van der Waals surface area contributed by atoms with E-state index in [9.17, 15) is 4.79 Å². The summed E-state index contributed by atoms with van der Waals surface area (Å²) >= 11 is 0. The van der Waals surface area contributed by atoms with Gasteiger partial charge < -0.3 is 11.1 Å². The van der Waals surface area contributed by atoms with Gasteiger partial charge in [-0.05, 0) is 36.8 Å². The van der Waals surface area contributed by atoms with E-state index in [0.717, 1.165) is 13.0 Å². The number of rotatable bonds is 4. The van der Waals surface area contributed by atoms with Crippen LogP contribution in [0.15, 0.2) is 18.3 Å². The van der Waals surface area contributed by atoms with Crippen LogP contribution in [0.25, 0.3) is 0 Å². The molecule has 1 fully saturated rings. The standard InChI is InChI=1S/C12H17N3O.ClH/c1-2-12(5-6-12)8-15-11(16)10-4-3-9(13)7-14-10;/h3-4,7H,2,5-6,8,13H2,1H3,(H,15,16);1H. The highest BCUT2D eigenvalue weighted by Gasteiger charge is 2.40. The lowest BCUT2D eigenvalue weighted by Gasteiger charge is -2.12. The lowest BCUT2D eigenvalue weighted by molar-refractivity contribution is 0.0939. The highest BCUT2D eigenvalue weighted by molar-refractivity contribution is 5.92. The average molecular weight is 256 g/mol. The lowest BCUT2D eigenvalue weighted by Crippen LogP contribution is -2.30. The minimum Gasteiger partial charge on any atom is -0.397 e. The van der Waals surface area contributed by atoms with Gasteiger partial charge in [-0.3, -0.25) is 4.79 Å². The number of carbonyl (C=O) groups excluding carboxylic acids is 1. The van der Waals surface area contributed by atoms with E-state index in [1.54, 1.807) is 12.1 Å². The fraction of sp³-hybridized carbons (Fsp3) is 0.500. The summed E-state index contributed by atoms with van der Waals surface area (Å²) in [5, 5.41) is 2.93. The fourth-order valence-electron chi connectivity index (χ4n) is 1.73. The molecule has 5 heteroatoms. The fourth-order valence-corrected chi connectivity index (χ4v) is 1.73. The Morgan fingerprint density at radius 2 is 2.24 bits per heavy atom. The molecule has 4 nitrogen and oxygen atoms in total. The molecular formula is C12H18ClN3O. The molecule has 1 aliphatic carbocycles. The van der Waals surface area contributed by atoms with E-state index < -0.39 is 0 Å².